The molecule has 0 fully saturated rings. The second-order valence-electron chi connectivity index (χ2n) is 5.15. The summed E-state index contributed by atoms with van der Waals surface area (Å²) >= 11 is 0. The van der Waals surface area contributed by atoms with Crippen LogP contribution in [0.1, 0.15) is 37.0 Å². The number of rotatable bonds is 12. The van der Waals surface area contributed by atoms with Crippen molar-refractivity contribution < 1.29 is 14.3 Å². The molecule has 0 radical (unpaired) electrons. The molecule has 0 saturated heterocycles. The maximum absolute atomic E-state index is 11.8. The van der Waals surface area contributed by atoms with Crippen molar-refractivity contribution in [2.75, 3.05) is 39.4 Å². The zero-order valence-corrected chi connectivity index (χ0v) is 14.1. The summed E-state index contributed by atoms with van der Waals surface area (Å²) in [4.78, 5) is 29.7. The van der Waals surface area contributed by atoms with Gasteiger partial charge in [0.15, 0.2) is 5.78 Å². The van der Waals surface area contributed by atoms with Crippen molar-refractivity contribution in [2.24, 2.45) is 0 Å². The van der Waals surface area contributed by atoms with Gasteiger partial charge in [0.1, 0.15) is 0 Å². The highest BCUT2D eigenvalue weighted by Crippen LogP contribution is 2.03. The smallest absolute Gasteiger partial charge is 0.220 e. The third-order valence-corrected chi connectivity index (χ3v) is 3.58. The fourth-order valence-electron chi connectivity index (χ4n) is 2.09. The quantitative estimate of drug-likeness (QED) is 0.467. The number of ketones is 1. The van der Waals surface area contributed by atoms with Crippen molar-refractivity contribution in [3.63, 3.8) is 0 Å². The number of hydrogen-bond acceptors (Lipinski definition) is 5. The largest absolute Gasteiger partial charge is 0.378 e. The van der Waals surface area contributed by atoms with Crippen LogP contribution in [0.4, 0.5) is 0 Å². The average molecular weight is 321 g/mol. The Morgan fingerprint density at radius 1 is 1.22 bits per heavy atom. The van der Waals surface area contributed by atoms with Gasteiger partial charge in [-0.3, -0.25) is 14.6 Å². The van der Waals surface area contributed by atoms with E-state index >= 15 is 0 Å². The van der Waals surface area contributed by atoms with E-state index in [0.29, 0.717) is 25.3 Å². The molecule has 6 nitrogen and oxygen atoms in total. The lowest BCUT2D eigenvalue weighted by atomic mass is 10.1. The van der Waals surface area contributed by atoms with Gasteiger partial charge in [0, 0.05) is 43.9 Å². The monoisotopic (exact) mass is 321 g/mol. The molecule has 128 valence electrons. The molecular formula is C17H27N3O3. The Kier molecular flexibility index (Phi) is 9.83. The van der Waals surface area contributed by atoms with E-state index in [1.807, 2.05) is 0 Å². The molecule has 1 N–H and O–H groups in total. The number of amides is 1. The normalized spacial score (nSPS) is 10.7. The molecule has 0 aromatic carbocycles. The summed E-state index contributed by atoms with van der Waals surface area (Å²) in [6.45, 7) is 8.80. The molecule has 0 saturated carbocycles. The van der Waals surface area contributed by atoms with E-state index in [0.717, 1.165) is 19.6 Å². The summed E-state index contributed by atoms with van der Waals surface area (Å²) < 4.78 is 5.48. The maximum atomic E-state index is 11.8. The third-order valence-electron chi connectivity index (χ3n) is 3.58. The molecule has 0 atom stereocenters. The Labute approximate surface area is 138 Å². The zero-order chi connectivity index (χ0) is 16.9. The summed E-state index contributed by atoms with van der Waals surface area (Å²) in [7, 11) is 0. The molecular weight excluding hydrogens is 294 g/mol. The predicted octanol–water partition coefficient (Wildman–Crippen LogP) is 1.52. The van der Waals surface area contributed by atoms with Crippen LogP contribution < -0.4 is 5.32 Å². The molecule has 1 aromatic rings. The molecule has 6 heteroatoms. The van der Waals surface area contributed by atoms with Crippen molar-refractivity contribution in [1.29, 1.82) is 0 Å². The molecule has 23 heavy (non-hydrogen) atoms. The second kappa shape index (κ2) is 11.7. The molecule has 1 heterocycles. The summed E-state index contributed by atoms with van der Waals surface area (Å²) in [5, 5.41) is 2.76. The van der Waals surface area contributed by atoms with Crippen LogP contribution >= 0.6 is 0 Å². The van der Waals surface area contributed by atoms with E-state index in [2.05, 4.69) is 29.0 Å². The predicted molar refractivity (Wildman–Crippen MR) is 89.4 cm³/mol. The van der Waals surface area contributed by atoms with Crippen LogP contribution in [0, 0.1) is 0 Å². The Balaban J connectivity index is 2.05. The standard InChI is InChI=1S/C17H27N3O3/c1-3-20(4-2)11-13-23-12-10-19-17(22)8-7-16(21)15-6-5-9-18-14-15/h5-6,9,14H,3-4,7-8,10-13H2,1-2H3,(H,19,22). The van der Waals surface area contributed by atoms with E-state index in [-0.39, 0.29) is 24.5 Å². The Morgan fingerprint density at radius 2 is 2.00 bits per heavy atom. The SMILES string of the molecule is CCN(CC)CCOCCNC(=O)CCC(=O)c1cccnc1. The van der Waals surface area contributed by atoms with Gasteiger partial charge in [-0.25, -0.2) is 0 Å². The van der Waals surface area contributed by atoms with Gasteiger partial charge in [-0.05, 0) is 25.2 Å². The molecule has 0 aliphatic rings. The minimum Gasteiger partial charge on any atom is -0.378 e. The second-order valence-corrected chi connectivity index (χ2v) is 5.15. The minimum absolute atomic E-state index is 0.0660. The van der Waals surface area contributed by atoms with Crippen LogP contribution in [0.5, 0.6) is 0 Å². The lowest BCUT2D eigenvalue weighted by Gasteiger charge is -2.17. The highest BCUT2D eigenvalue weighted by atomic mass is 16.5. The number of nitrogens with zero attached hydrogens (tertiary/aromatic N) is 2. The lowest BCUT2D eigenvalue weighted by molar-refractivity contribution is -0.121. The fraction of sp³-hybridized carbons (Fsp3) is 0.588. The molecule has 0 aliphatic heterocycles. The van der Waals surface area contributed by atoms with Crippen molar-refractivity contribution in [3.8, 4) is 0 Å². The molecule has 0 bridgehead atoms. The van der Waals surface area contributed by atoms with Crippen molar-refractivity contribution in [2.45, 2.75) is 26.7 Å². The summed E-state index contributed by atoms with van der Waals surface area (Å²) in [5.74, 6) is -0.196. The number of carbonyl (C=O) groups is 2. The Bertz CT molecular complexity index is 461. The van der Waals surface area contributed by atoms with E-state index in [9.17, 15) is 9.59 Å². The topological polar surface area (TPSA) is 71.5 Å². The molecule has 0 unspecified atom stereocenters. The van der Waals surface area contributed by atoms with E-state index in [1.54, 1.807) is 18.3 Å². The number of Topliss-reactive ketones (excluding diaryl/α,β-unsaturated/α-hetero) is 1. The molecule has 0 aliphatic carbocycles. The van der Waals surface area contributed by atoms with Crippen molar-refractivity contribution >= 4 is 11.7 Å². The van der Waals surface area contributed by atoms with Gasteiger partial charge >= 0.3 is 0 Å². The number of aromatic nitrogens is 1. The van der Waals surface area contributed by atoms with Crippen LogP contribution in [-0.2, 0) is 9.53 Å². The number of likely N-dealkylation sites (N-methyl/N-ethyl adjacent to an activating group) is 1. The zero-order valence-electron chi connectivity index (χ0n) is 14.1. The first-order valence-electron chi connectivity index (χ1n) is 8.17. The van der Waals surface area contributed by atoms with Crippen LogP contribution in [0.2, 0.25) is 0 Å². The van der Waals surface area contributed by atoms with Crippen molar-refractivity contribution in [1.82, 2.24) is 15.2 Å². The Hall–Kier alpha value is -1.79. The number of ether oxygens (including phenoxy) is 1. The van der Waals surface area contributed by atoms with Gasteiger partial charge in [-0.15, -0.1) is 0 Å². The number of carbonyl (C=O) groups excluding carboxylic acids is 2. The maximum Gasteiger partial charge on any atom is 0.220 e. The minimum atomic E-state index is -0.130. The summed E-state index contributed by atoms with van der Waals surface area (Å²) in [5.41, 5.74) is 0.542. The van der Waals surface area contributed by atoms with Gasteiger partial charge in [0.05, 0.1) is 13.2 Å². The van der Waals surface area contributed by atoms with E-state index in [1.165, 1.54) is 6.20 Å². The fourth-order valence-corrected chi connectivity index (χ4v) is 2.09. The first-order chi connectivity index (χ1) is 11.2. The van der Waals surface area contributed by atoms with Gasteiger partial charge in [0.25, 0.3) is 0 Å². The van der Waals surface area contributed by atoms with Gasteiger partial charge in [-0.1, -0.05) is 13.8 Å². The summed E-state index contributed by atoms with van der Waals surface area (Å²) in [6.07, 6.45) is 3.52. The van der Waals surface area contributed by atoms with Crippen LogP contribution in [0.25, 0.3) is 0 Å². The van der Waals surface area contributed by atoms with Gasteiger partial charge in [0.2, 0.25) is 5.91 Å². The highest BCUT2D eigenvalue weighted by Gasteiger charge is 2.08. The average Bonchev–Trinajstić information content (AvgIpc) is 2.60. The highest BCUT2D eigenvalue weighted by molar-refractivity contribution is 5.97. The lowest BCUT2D eigenvalue weighted by Crippen LogP contribution is -2.30. The van der Waals surface area contributed by atoms with Crippen LogP contribution in [-0.4, -0.2) is 61.0 Å². The number of nitrogens with one attached hydrogen (secondary N) is 1. The third kappa shape index (κ3) is 8.42. The number of pyridine rings is 1. The first kappa shape index (κ1) is 19.3. The Morgan fingerprint density at radius 3 is 2.65 bits per heavy atom. The van der Waals surface area contributed by atoms with E-state index < -0.39 is 0 Å². The first-order valence-corrected chi connectivity index (χ1v) is 8.17. The van der Waals surface area contributed by atoms with Gasteiger partial charge in [-0.2, -0.15) is 0 Å². The molecule has 1 amide bonds. The van der Waals surface area contributed by atoms with Crippen LogP contribution in [0.15, 0.2) is 24.5 Å². The number of hydrogen-bond donors (Lipinski definition) is 1. The molecule has 0 spiro atoms. The van der Waals surface area contributed by atoms with E-state index in [4.69, 9.17) is 4.74 Å². The van der Waals surface area contributed by atoms with Crippen molar-refractivity contribution in [3.05, 3.63) is 30.1 Å². The summed E-state index contributed by atoms with van der Waals surface area (Å²) in [6, 6.07) is 3.42. The molecule has 1 aromatic heterocycles. The van der Waals surface area contributed by atoms with Crippen LogP contribution in [0.3, 0.4) is 0 Å². The molecule has 1 rings (SSSR count). The van der Waals surface area contributed by atoms with Gasteiger partial charge < -0.3 is 15.0 Å².